The van der Waals surface area contributed by atoms with Gasteiger partial charge in [0.05, 0.1) is 12.2 Å². The Hall–Kier alpha value is -2.09. The molecule has 0 saturated carbocycles. The summed E-state index contributed by atoms with van der Waals surface area (Å²) < 4.78 is 6.70. The van der Waals surface area contributed by atoms with Crippen molar-refractivity contribution in [3.05, 3.63) is 57.7 Å². The Morgan fingerprint density at radius 2 is 2.00 bits per heavy atom. The minimum atomic E-state index is -0.721. The number of rotatable bonds is 2. The van der Waals surface area contributed by atoms with Gasteiger partial charge in [0, 0.05) is 16.2 Å². The van der Waals surface area contributed by atoms with Crippen LogP contribution in [0.25, 0.3) is 0 Å². The molecule has 23 heavy (non-hydrogen) atoms. The van der Waals surface area contributed by atoms with E-state index in [1.807, 2.05) is 36.4 Å². The number of ether oxygens (including phenoxy) is 1. The SMILES string of the molecule is CNC(=O)[C@@H]1CN(C(=O)c2cccc(I)c2)c2ccccc2O1. The largest absolute Gasteiger partial charge is 0.477 e. The molecule has 0 aromatic heterocycles. The molecule has 0 fully saturated rings. The van der Waals surface area contributed by atoms with Gasteiger partial charge in [-0.25, -0.2) is 0 Å². The van der Waals surface area contributed by atoms with E-state index < -0.39 is 6.10 Å². The van der Waals surface area contributed by atoms with Gasteiger partial charge in [-0.05, 0) is 52.9 Å². The first-order chi connectivity index (χ1) is 11.1. The van der Waals surface area contributed by atoms with Crippen LogP contribution in [-0.2, 0) is 4.79 Å². The highest BCUT2D eigenvalue weighted by Gasteiger charge is 2.33. The van der Waals surface area contributed by atoms with Crippen molar-refractivity contribution in [2.45, 2.75) is 6.10 Å². The molecule has 1 atom stereocenters. The van der Waals surface area contributed by atoms with Crippen LogP contribution in [-0.4, -0.2) is 31.5 Å². The summed E-state index contributed by atoms with van der Waals surface area (Å²) >= 11 is 2.17. The van der Waals surface area contributed by atoms with Crippen LogP contribution in [0, 0.1) is 3.57 Å². The van der Waals surface area contributed by atoms with E-state index in [0.717, 1.165) is 3.57 Å². The van der Waals surface area contributed by atoms with Crippen LogP contribution in [0.5, 0.6) is 5.75 Å². The number of nitrogens with zero attached hydrogens (tertiary/aromatic N) is 1. The summed E-state index contributed by atoms with van der Waals surface area (Å²) in [6, 6.07) is 14.6. The fraction of sp³-hybridized carbons (Fsp3) is 0.176. The molecule has 1 aliphatic rings. The lowest BCUT2D eigenvalue weighted by atomic mass is 10.1. The van der Waals surface area contributed by atoms with Gasteiger partial charge in [-0.15, -0.1) is 0 Å². The number of anilines is 1. The summed E-state index contributed by atoms with van der Waals surface area (Å²) in [5, 5.41) is 2.57. The zero-order chi connectivity index (χ0) is 16.4. The van der Waals surface area contributed by atoms with E-state index in [2.05, 4.69) is 27.9 Å². The number of amides is 2. The van der Waals surface area contributed by atoms with Gasteiger partial charge in [-0.2, -0.15) is 0 Å². The highest BCUT2D eigenvalue weighted by atomic mass is 127. The van der Waals surface area contributed by atoms with Gasteiger partial charge >= 0.3 is 0 Å². The number of hydrogen-bond acceptors (Lipinski definition) is 3. The number of nitrogens with one attached hydrogen (secondary N) is 1. The Morgan fingerprint density at radius 3 is 2.74 bits per heavy atom. The molecule has 2 aromatic rings. The highest BCUT2D eigenvalue weighted by Crippen LogP contribution is 2.34. The molecule has 0 bridgehead atoms. The Kier molecular flexibility index (Phi) is 4.51. The van der Waals surface area contributed by atoms with Crippen molar-refractivity contribution in [3.8, 4) is 5.75 Å². The maximum Gasteiger partial charge on any atom is 0.262 e. The third-order valence-electron chi connectivity index (χ3n) is 3.63. The van der Waals surface area contributed by atoms with Gasteiger partial charge in [0.1, 0.15) is 5.75 Å². The molecule has 0 unspecified atom stereocenters. The van der Waals surface area contributed by atoms with Crippen molar-refractivity contribution in [2.24, 2.45) is 0 Å². The van der Waals surface area contributed by atoms with Crippen molar-refractivity contribution in [3.63, 3.8) is 0 Å². The summed E-state index contributed by atoms with van der Waals surface area (Å²) in [5.74, 6) is 0.138. The normalized spacial score (nSPS) is 16.3. The number of para-hydroxylation sites is 2. The second-order valence-electron chi connectivity index (χ2n) is 5.11. The van der Waals surface area contributed by atoms with E-state index in [0.29, 0.717) is 17.0 Å². The fourth-order valence-electron chi connectivity index (χ4n) is 2.50. The molecule has 5 nitrogen and oxygen atoms in total. The molecule has 2 aromatic carbocycles. The minimum Gasteiger partial charge on any atom is -0.477 e. The number of benzene rings is 2. The van der Waals surface area contributed by atoms with Crippen LogP contribution < -0.4 is 15.0 Å². The fourth-order valence-corrected chi connectivity index (χ4v) is 3.04. The maximum atomic E-state index is 12.9. The summed E-state index contributed by atoms with van der Waals surface area (Å²) in [5.41, 5.74) is 1.26. The summed E-state index contributed by atoms with van der Waals surface area (Å²) in [6.07, 6.45) is -0.721. The lowest BCUT2D eigenvalue weighted by molar-refractivity contribution is -0.127. The zero-order valence-corrected chi connectivity index (χ0v) is 14.6. The van der Waals surface area contributed by atoms with E-state index >= 15 is 0 Å². The number of fused-ring (bicyclic) bond motifs is 1. The number of hydrogen-bond donors (Lipinski definition) is 1. The molecular formula is C17H15IN2O3. The molecule has 1 aliphatic heterocycles. The zero-order valence-electron chi connectivity index (χ0n) is 12.5. The average molecular weight is 422 g/mol. The van der Waals surface area contributed by atoms with Crippen LogP contribution >= 0.6 is 22.6 Å². The van der Waals surface area contributed by atoms with E-state index in [1.54, 1.807) is 24.1 Å². The Morgan fingerprint density at radius 1 is 1.22 bits per heavy atom. The van der Waals surface area contributed by atoms with Crippen LogP contribution in [0.15, 0.2) is 48.5 Å². The first-order valence-corrected chi connectivity index (χ1v) is 8.22. The predicted octanol–water partition coefficient (Wildman–Crippen LogP) is 2.45. The molecule has 2 amide bonds. The van der Waals surface area contributed by atoms with Gasteiger partial charge in [0.15, 0.2) is 6.10 Å². The maximum absolute atomic E-state index is 12.9. The molecule has 0 radical (unpaired) electrons. The lowest BCUT2D eigenvalue weighted by Gasteiger charge is -2.34. The number of likely N-dealkylation sites (N-methyl/N-ethyl adjacent to an activating group) is 1. The average Bonchev–Trinajstić information content (AvgIpc) is 2.59. The second-order valence-corrected chi connectivity index (χ2v) is 6.36. The van der Waals surface area contributed by atoms with Crippen molar-refractivity contribution in [1.82, 2.24) is 5.32 Å². The van der Waals surface area contributed by atoms with Crippen molar-refractivity contribution < 1.29 is 14.3 Å². The summed E-state index contributed by atoms with van der Waals surface area (Å²) in [4.78, 5) is 26.5. The van der Waals surface area contributed by atoms with E-state index in [1.165, 1.54) is 0 Å². The van der Waals surface area contributed by atoms with Crippen LogP contribution in [0.1, 0.15) is 10.4 Å². The molecule has 1 N–H and O–H groups in total. The Balaban J connectivity index is 1.99. The monoisotopic (exact) mass is 422 g/mol. The number of carbonyl (C=O) groups is 2. The third-order valence-corrected chi connectivity index (χ3v) is 4.30. The number of halogens is 1. The second kappa shape index (κ2) is 6.57. The molecule has 3 rings (SSSR count). The van der Waals surface area contributed by atoms with Gasteiger partial charge < -0.3 is 15.0 Å². The lowest BCUT2D eigenvalue weighted by Crippen LogP contribution is -2.50. The van der Waals surface area contributed by atoms with Gasteiger partial charge in [0.25, 0.3) is 11.8 Å². The summed E-state index contributed by atoms with van der Waals surface area (Å²) in [7, 11) is 1.55. The van der Waals surface area contributed by atoms with Crippen molar-refractivity contribution in [2.75, 3.05) is 18.5 Å². The van der Waals surface area contributed by atoms with E-state index in [4.69, 9.17) is 4.74 Å². The van der Waals surface area contributed by atoms with Crippen molar-refractivity contribution >= 4 is 40.1 Å². The van der Waals surface area contributed by atoms with Gasteiger partial charge in [-0.1, -0.05) is 18.2 Å². The van der Waals surface area contributed by atoms with Crippen LogP contribution in [0.4, 0.5) is 5.69 Å². The molecular weight excluding hydrogens is 407 g/mol. The van der Waals surface area contributed by atoms with E-state index in [9.17, 15) is 9.59 Å². The molecule has 0 saturated heterocycles. The minimum absolute atomic E-state index is 0.145. The van der Waals surface area contributed by atoms with Gasteiger partial charge in [0.2, 0.25) is 0 Å². The first kappa shape index (κ1) is 15.8. The summed E-state index contributed by atoms with van der Waals surface area (Å²) in [6.45, 7) is 0.182. The molecule has 0 aliphatic carbocycles. The Labute approximate surface area is 147 Å². The van der Waals surface area contributed by atoms with Crippen LogP contribution in [0.3, 0.4) is 0 Å². The molecule has 6 heteroatoms. The topological polar surface area (TPSA) is 58.6 Å². The standard InChI is InChI=1S/C17H15IN2O3/c1-19-16(21)15-10-20(13-7-2-3-8-14(13)23-15)17(22)11-5-4-6-12(18)9-11/h2-9,15H,10H2,1H3,(H,19,21)/t15-/m0/s1. The smallest absolute Gasteiger partial charge is 0.262 e. The first-order valence-electron chi connectivity index (χ1n) is 7.15. The number of carbonyl (C=O) groups excluding carboxylic acids is 2. The van der Waals surface area contributed by atoms with Crippen molar-refractivity contribution in [1.29, 1.82) is 0 Å². The van der Waals surface area contributed by atoms with Gasteiger partial charge in [-0.3, -0.25) is 9.59 Å². The molecule has 1 heterocycles. The molecule has 118 valence electrons. The molecule has 0 spiro atoms. The van der Waals surface area contributed by atoms with Crippen LogP contribution in [0.2, 0.25) is 0 Å². The predicted molar refractivity (Wildman–Crippen MR) is 95.8 cm³/mol. The highest BCUT2D eigenvalue weighted by molar-refractivity contribution is 14.1. The Bertz CT molecular complexity index is 763. The van der Waals surface area contributed by atoms with E-state index in [-0.39, 0.29) is 18.4 Å². The quantitative estimate of drug-likeness (QED) is 0.757. The third kappa shape index (κ3) is 3.17.